The molecule has 0 fully saturated rings. The molecule has 0 radical (unpaired) electrons. The first-order valence-electron chi connectivity index (χ1n) is 8.86. The first kappa shape index (κ1) is 18.8. The fourth-order valence-corrected chi connectivity index (χ4v) is 2.98. The van der Waals surface area contributed by atoms with Crippen molar-refractivity contribution in [3.63, 3.8) is 0 Å². The normalized spacial score (nSPS) is 10.7. The van der Waals surface area contributed by atoms with Crippen molar-refractivity contribution in [2.45, 2.75) is 6.92 Å². The summed E-state index contributed by atoms with van der Waals surface area (Å²) in [6.07, 6.45) is 0. The van der Waals surface area contributed by atoms with Crippen molar-refractivity contribution in [1.29, 1.82) is 0 Å². The Morgan fingerprint density at radius 3 is 2.45 bits per heavy atom. The number of hydrogen-bond donors (Lipinski definition) is 1. The van der Waals surface area contributed by atoms with Crippen LogP contribution in [0.3, 0.4) is 0 Å². The van der Waals surface area contributed by atoms with Crippen LogP contribution in [0.5, 0.6) is 0 Å². The summed E-state index contributed by atoms with van der Waals surface area (Å²) in [4.78, 5) is 17.1. The van der Waals surface area contributed by atoms with E-state index in [0.29, 0.717) is 16.5 Å². The smallest absolute Gasteiger partial charge is 0.295 e. The van der Waals surface area contributed by atoms with Crippen LogP contribution >= 0.6 is 11.6 Å². The Labute approximate surface area is 171 Å². The van der Waals surface area contributed by atoms with Crippen LogP contribution in [0.25, 0.3) is 17.1 Å². The van der Waals surface area contributed by atoms with Gasteiger partial charge in [0, 0.05) is 16.3 Å². The minimum Gasteiger partial charge on any atom is -0.319 e. The van der Waals surface area contributed by atoms with Crippen LogP contribution in [0.1, 0.15) is 16.2 Å². The van der Waals surface area contributed by atoms with Gasteiger partial charge in [-0.1, -0.05) is 23.7 Å². The van der Waals surface area contributed by atoms with Crippen molar-refractivity contribution in [2.75, 3.05) is 5.32 Å². The lowest BCUT2D eigenvalue weighted by molar-refractivity contribution is 0.101. The molecule has 0 unspecified atom stereocenters. The molecule has 0 aliphatic rings. The number of anilines is 1. The zero-order valence-electron chi connectivity index (χ0n) is 15.4. The van der Waals surface area contributed by atoms with Gasteiger partial charge < -0.3 is 5.32 Å². The highest BCUT2D eigenvalue weighted by atomic mass is 35.5. The van der Waals surface area contributed by atoms with Crippen LogP contribution in [-0.4, -0.2) is 20.7 Å². The molecule has 1 amide bonds. The predicted molar refractivity (Wildman–Crippen MR) is 111 cm³/mol. The van der Waals surface area contributed by atoms with E-state index < -0.39 is 5.91 Å². The van der Waals surface area contributed by atoms with Crippen molar-refractivity contribution >= 4 is 23.2 Å². The summed E-state index contributed by atoms with van der Waals surface area (Å²) in [6, 6.07) is 20.4. The molecule has 5 nitrogen and oxygen atoms in total. The maximum absolute atomic E-state index is 13.1. The third-order valence-corrected chi connectivity index (χ3v) is 4.51. The Bertz CT molecular complexity index is 1170. The van der Waals surface area contributed by atoms with Crippen molar-refractivity contribution in [3.05, 3.63) is 95.0 Å². The molecule has 1 N–H and O–H groups in total. The second kappa shape index (κ2) is 7.85. The lowest BCUT2D eigenvalue weighted by atomic mass is 10.2. The predicted octanol–water partition coefficient (Wildman–Crippen LogP) is 5.29. The molecule has 144 valence electrons. The molecule has 0 aliphatic carbocycles. The third kappa shape index (κ3) is 4.17. The summed E-state index contributed by atoms with van der Waals surface area (Å²) in [6.45, 7) is 1.98. The van der Waals surface area contributed by atoms with Gasteiger partial charge in [-0.2, -0.15) is 0 Å². The number of nitrogens with one attached hydrogen (secondary N) is 1. The molecule has 0 saturated heterocycles. The number of carbonyl (C=O) groups is 1. The molecular formula is C22H16ClFN4O. The van der Waals surface area contributed by atoms with E-state index in [9.17, 15) is 9.18 Å². The minimum atomic E-state index is -0.488. The van der Waals surface area contributed by atoms with E-state index in [2.05, 4.69) is 15.4 Å². The molecule has 29 heavy (non-hydrogen) atoms. The van der Waals surface area contributed by atoms with Crippen molar-refractivity contribution in [3.8, 4) is 17.1 Å². The topological polar surface area (TPSA) is 59.8 Å². The van der Waals surface area contributed by atoms with E-state index in [4.69, 9.17) is 11.6 Å². The van der Waals surface area contributed by atoms with Gasteiger partial charge in [0.25, 0.3) is 5.91 Å². The standard InChI is InChI=1S/C22H16ClFN4O/c1-14-3-2-4-19(13-14)28-21(15-5-7-16(23)8-6-15)26-20(27-28)22(29)25-18-11-9-17(24)10-12-18/h2-13H,1H3,(H,25,29). The average Bonchev–Trinajstić information content (AvgIpc) is 3.16. The first-order valence-corrected chi connectivity index (χ1v) is 9.24. The van der Waals surface area contributed by atoms with E-state index in [1.54, 1.807) is 16.8 Å². The molecule has 0 atom stereocenters. The molecule has 0 aliphatic heterocycles. The molecule has 1 heterocycles. The summed E-state index contributed by atoms with van der Waals surface area (Å²) >= 11 is 6.00. The van der Waals surface area contributed by atoms with Crippen LogP contribution in [0, 0.1) is 12.7 Å². The second-order valence-corrected chi connectivity index (χ2v) is 6.91. The van der Waals surface area contributed by atoms with E-state index in [1.807, 2.05) is 43.3 Å². The van der Waals surface area contributed by atoms with Crippen LogP contribution in [0.2, 0.25) is 5.02 Å². The fraction of sp³-hybridized carbons (Fsp3) is 0.0455. The highest BCUT2D eigenvalue weighted by Crippen LogP contribution is 2.24. The lowest BCUT2D eigenvalue weighted by Gasteiger charge is -2.06. The molecule has 0 spiro atoms. The van der Waals surface area contributed by atoms with Crippen LogP contribution in [-0.2, 0) is 0 Å². The van der Waals surface area contributed by atoms with Crippen LogP contribution in [0.4, 0.5) is 10.1 Å². The SMILES string of the molecule is Cc1cccc(-n2nc(C(=O)Nc3ccc(F)cc3)nc2-c2ccc(Cl)cc2)c1. The highest BCUT2D eigenvalue weighted by Gasteiger charge is 2.19. The molecule has 1 aromatic heterocycles. The molecule has 3 aromatic carbocycles. The fourth-order valence-electron chi connectivity index (χ4n) is 2.85. The Morgan fingerprint density at radius 1 is 1.03 bits per heavy atom. The molecule has 0 saturated carbocycles. The van der Waals surface area contributed by atoms with E-state index in [-0.39, 0.29) is 11.6 Å². The summed E-state index contributed by atoms with van der Waals surface area (Å²) in [5, 5.41) is 7.71. The lowest BCUT2D eigenvalue weighted by Crippen LogP contribution is -2.14. The highest BCUT2D eigenvalue weighted by molar-refractivity contribution is 6.30. The van der Waals surface area contributed by atoms with Crippen LogP contribution in [0.15, 0.2) is 72.8 Å². The van der Waals surface area contributed by atoms with Gasteiger partial charge in [-0.05, 0) is 73.2 Å². The van der Waals surface area contributed by atoms with Gasteiger partial charge in [-0.25, -0.2) is 14.1 Å². The number of aryl methyl sites for hydroxylation is 1. The number of carbonyl (C=O) groups excluding carboxylic acids is 1. The number of aromatic nitrogens is 3. The minimum absolute atomic E-state index is 0.000723. The Kier molecular flexibility index (Phi) is 5.10. The summed E-state index contributed by atoms with van der Waals surface area (Å²) in [5.74, 6) is -0.356. The van der Waals surface area contributed by atoms with Gasteiger partial charge in [0.2, 0.25) is 5.82 Å². The number of hydrogen-bond acceptors (Lipinski definition) is 3. The van der Waals surface area contributed by atoms with Gasteiger partial charge >= 0.3 is 0 Å². The molecular weight excluding hydrogens is 391 g/mol. The Morgan fingerprint density at radius 2 is 1.76 bits per heavy atom. The zero-order valence-corrected chi connectivity index (χ0v) is 16.2. The summed E-state index contributed by atoms with van der Waals surface area (Å²) < 4.78 is 14.7. The van der Waals surface area contributed by atoms with Gasteiger partial charge in [0.15, 0.2) is 5.82 Å². The first-order chi connectivity index (χ1) is 14.0. The number of halogens is 2. The number of rotatable bonds is 4. The summed E-state index contributed by atoms with van der Waals surface area (Å²) in [7, 11) is 0. The molecule has 4 rings (SSSR count). The maximum atomic E-state index is 13.1. The number of nitrogens with zero attached hydrogens (tertiary/aromatic N) is 3. The largest absolute Gasteiger partial charge is 0.319 e. The van der Waals surface area contributed by atoms with Gasteiger partial charge in [-0.3, -0.25) is 4.79 Å². The Hall–Kier alpha value is -3.51. The number of amides is 1. The average molecular weight is 407 g/mol. The zero-order chi connectivity index (χ0) is 20.4. The van der Waals surface area contributed by atoms with E-state index in [0.717, 1.165) is 16.8 Å². The Balaban J connectivity index is 1.75. The van der Waals surface area contributed by atoms with Crippen LogP contribution < -0.4 is 5.32 Å². The second-order valence-electron chi connectivity index (χ2n) is 6.48. The van der Waals surface area contributed by atoms with Crippen molar-refractivity contribution in [1.82, 2.24) is 14.8 Å². The quantitative estimate of drug-likeness (QED) is 0.501. The molecule has 7 heteroatoms. The van der Waals surface area contributed by atoms with E-state index in [1.165, 1.54) is 24.3 Å². The molecule has 4 aromatic rings. The van der Waals surface area contributed by atoms with E-state index >= 15 is 0 Å². The maximum Gasteiger partial charge on any atom is 0.295 e. The number of benzene rings is 3. The monoisotopic (exact) mass is 406 g/mol. The van der Waals surface area contributed by atoms with Gasteiger partial charge in [0.05, 0.1) is 5.69 Å². The molecule has 0 bridgehead atoms. The van der Waals surface area contributed by atoms with Gasteiger partial charge in [-0.15, -0.1) is 5.10 Å². The summed E-state index contributed by atoms with van der Waals surface area (Å²) in [5.41, 5.74) is 3.06. The third-order valence-electron chi connectivity index (χ3n) is 4.26. The van der Waals surface area contributed by atoms with Crippen molar-refractivity contribution in [2.24, 2.45) is 0 Å². The van der Waals surface area contributed by atoms with Gasteiger partial charge in [0.1, 0.15) is 5.82 Å². The van der Waals surface area contributed by atoms with Crippen molar-refractivity contribution < 1.29 is 9.18 Å².